The Kier molecular flexibility index (Phi) is 3.22. The highest BCUT2D eigenvalue weighted by atomic mass is 16.5. The molecule has 2 saturated heterocycles. The fraction of sp³-hybridized carbons (Fsp3) is 0.467. The molecule has 0 saturated carbocycles. The number of hydrogen-bond donors (Lipinski definition) is 2. The van der Waals surface area contributed by atoms with E-state index in [-0.39, 0.29) is 18.1 Å². The summed E-state index contributed by atoms with van der Waals surface area (Å²) in [6, 6.07) is 7.46. The minimum atomic E-state index is -0.943. The Morgan fingerprint density at radius 3 is 2.60 bits per heavy atom. The van der Waals surface area contributed by atoms with Crippen LogP contribution >= 0.6 is 0 Å². The maximum atomic E-state index is 12.4. The Bertz CT molecular complexity index is 557. The molecule has 5 nitrogen and oxygen atoms in total. The minimum Gasteiger partial charge on any atom is -0.481 e. The third-order valence-electron chi connectivity index (χ3n) is 4.15. The minimum absolute atomic E-state index is 0.254. The van der Waals surface area contributed by atoms with E-state index in [4.69, 9.17) is 4.74 Å². The van der Waals surface area contributed by atoms with Crippen LogP contribution in [0.3, 0.4) is 0 Å². The lowest BCUT2D eigenvalue weighted by Crippen LogP contribution is -2.40. The predicted octanol–water partition coefficient (Wildman–Crippen LogP) is 1.81. The number of carboxylic acids is 1. The molecule has 2 fully saturated rings. The summed E-state index contributed by atoms with van der Waals surface area (Å²) in [6.07, 6.45) is 0.924. The first-order valence-electron chi connectivity index (χ1n) is 6.82. The van der Waals surface area contributed by atoms with E-state index in [9.17, 15) is 14.7 Å². The van der Waals surface area contributed by atoms with Gasteiger partial charge in [0.1, 0.15) is 0 Å². The third kappa shape index (κ3) is 2.18. The number of carbonyl (C=O) groups excluding carboxylic acids is 1. The van der Waals surface area contributed by atoms with E-state index in [1.54, 1.807) is 6.07 Å². The number of hydrogen-bond acceptors (Lipinski definition) is 3. The molecule has 2 heterocycles. The maximum Gasteiger partial charge on any atom is 0.310 e. The van der Waals surface area contributed by atoms with Crippen LogP contribution in [0.1, 0.15) is 18.4 Å². The van der Waals surface area contributed by atoms with E-state index in [2.05, 4.69) is 5.32 Å². The number of benzene rings is 1. The number of anilines is 1. The number of carbonyl (C=O) groups is 2. The van der Waals surface area contributed by atoms with Crippen molar-refractivity contribution < 1.29 is 19.4 Å². The van der Waals surface area contributed by atoms with Crippen molar-refractivity contribution in [2.24, 2.45) is 11.8 Å². The molecule has 106 valence electrons. The second-order valence-corrected chi connectivity index (χ2v) is 5.54. The topological polar surface area (TPSA) is 75.6 Å². The predicted molar refractivity (Wildman–Crippen MR) is 72.3 cm³/mol. The van der Waals surface area contributed by atoms with Crippen molar-refractivity contribution in [2.75, 3.05) is 5.32 Å². The zero-order valence-corrected chi connectivity index (χ0v) is 11.2. The molecule has 3 rings (SSSR count). The molecule has 4 atom stereocenters. The van der Waals surface area contributed by atoms with Crippen LogP contribution in [0.5, 0.6) is 0 Å². The lowest BCUT2D eigenvalue weighted by atomic mass is 9.78. The van der Waals surface area contributed by atoms with Gasteiger partial charge in [0.2, 0.25) is 5.91 Å². The molecule has 2 aliphatic heterocycles. The third-order valence-corrected chi connectivity index (χ3v) is 4.15. The van der Waals surface area contributed by atoms with Gasteiger partial charge in [0, 0.05) is 5.69 Å². The molecule has 1 aromatic carbocycles. The van der Waals surface area contributed by atoms with Crippen molar-refractivity contribution >= 4 is 17.6 Å². The maximum absolute atomic E-state index is 12.4. The van der Waals surface area contributed by atoms with Gasteiger partial charge in [0.25, 0.3) is 0 Å². The zero-order valence-electron chi connectivity index (χ0n) is 11.2. The van der Waals surface area contributed by atoms with E-state index in [1.807, 2.05) is 25.1 Å². The second-order valence-electron chi connectivity index (χ2n) is 5.54. The van der Waals surface area contributed by atoms with Gasteiger partial charge in [-0.2, -0.15) is 0 Å². The number of amides is 1. The summed E-state index contributed by atoms with van der Waals surface area (Å²) in [5, 5.41) is 12.1. The highest BCUT2D eigenvalue weighted by Crippen LogP contribution is 2.44. The molecule has 1 amide bonds. The molecule has 0 radical (unpaired) electrons. The molecule has 0 spiro atoms. The average molecular weight is 275 g/mol. The lowest BCUT2D eigenvalue weighted by Gasteiger charge is -2.23. The van der Waals surface area contributed by atoms with Gasteiger partial charge in [-0.3, -0.25) is 9.59 Å². The first kappa shape index (κ1) is 13.1. The molecule has 5 heteroatoms. The van der Waals surface area contributed by atoms with Crippen molar-refractivity contribution in [2.45, 2.75) is 32.0 Å². The molecule has 0 aromatic heterocycles. The molecule has 1 aromatic rings. The number of fused-ring (bicyclic) bond motifs is 2. The van der Waals surface area contributed by atoms with Crippen LogP contribution in [0.4, 0.5) is 5.69 Å². The zero-order chi connectivity index (χ0) is 14.3. The van der Waals surface area contributed by atoms with Crippen LogP contribution in [0.2, 0.25) is 0 Å². The number of aliphatic carboxylic acids is 1. The van der Waals surface area contributed by atoms with Gasteiger partial charge in [0.05, 0.1) is 24.0 Å². The van der Waals surface area contributed by atoms with Crippen LogP contribution in [0.25, 0.3) is 0 Å². The largest absolute Gasteiger partial charge is 0.481 e. The monoisotopic (exact) mass is 275 g/mol. The van der Waals surface area contributed by atoms with E-state index < -0.39 is 17.8 Å². The number of rotatable bonds is 3. The van der Waals surface area contributed by atoms with Crippen LogP contribution in [0.15, 0.2) is 24.3 Å². The number of ether oxygens (including phenoxy) is 1. The van der Waals surface area contributed by atoms with Crippen LogP contribution in [0, 0.1) is 18.8 Å². The van der Waals surface area contributed by atoms with E-state index in [0.29, 0.717) is 5.69 Å². The van der Waals surface area contributed by atoms with Gasteiger partial charge in [-0.15, -0.1) is 0 Å². The number of carboxylic acid groups (broad SMARTS) is 1. The molecule has 0 unspecified atom stereocenters. The summed E-state index contributed by atoms with van der Waals surface area (Å²) < 4.78 is 5.60. The quantitative estimate of drug-likeness (QED) is 0.882. The number of aryl methyl sites for hydroxylation is 1. The molecular formula is C15H17NO4. The van der Waals surface area contributed by atoms with Crippen molar-refractivity contribution in [1.82, 2.24) is 0 Å². The number of nitrogens with one attached hydrogen (secondary N) is 1. The molecule has 2 aliphatic rings. The van der Waals surface area contributed by atoms with Gasteiger partial charge < -0.3 is 15.2 Å². The van der Waals surface area contributed by atoms with Gasteiger partial charge in [-0.05, 0) is 37.5 Å². The van der Waals surface area contributed by atoms with Crippen molar-refractivity contribution in [1.29, 1.82) is 0 Å². The fourth-order valence-corrected chi connectivity index (χ4v) is 3.27. The summed E-state index contributed by atoms with van der Waals surface area (Å²) in [4.78, 5) is 23.7. The molecule has 0 aliphatic carbocycles. The van der Waals surface area contributed by atoms with Gasteiger partial charge in [-0.25, -0.2) is 0 Å². The van der Waals surface area contributed by atoms with Gasteiger partial charge in [0.15, 0.2) is 0 Å². The summed E-state index contributed by atoms with van der Waals surface area (Å²) in [6.45, 7) is 1.94. The molecular weight excluding hydrogens is 258 g/mol. The van der Waals surface area contributed by atoms with Crippen LogP contribution in [-0.2, 0) is 14.3 Å². The first-order chi connectivity index (χ1) is 9.56. The van der Waals surface area contributed by atoms with Crippen molar-refractivity contribution in [3.8, 4) is 0 Å². The lowest BCUT2D eigenvalue weighted by molar-refractivity contribution is -0.147. The van der Waals surface area contributed by atoms with Crippen molar-refractivity contribution in [3.63, 3.8) is 0 Å². The highest BCUT2D eigenvalue weighted by molar-refractivity contribution is 5.96. The Balaban J connectivity index is 1.78. The first-order valence-corrected chi connectivity index (χ1v) is 6.82. The average Bonchev–Trinajstić information content (AvgIpc) is 2.98. The highest BCUT2D eigenvalue weighted by Gasteiger charge is 2.55. The molecule has 20 heavy (non-hydrogen) atoms. The Morgan fingerprint density at radius 2 is 1.95 bits per heavy atom. The Labute approximate surface area is 116 Å². The molecule has 2 bridgehead atoms. The normalized spacial score (nSPS) is 31.2. The summed E-state index contributed by atoms with van der Waals surface area (Å²) in [5.74, 6) is -2.51. The van der Waals surface area contributed by atoms with Crippen molar-refractivity contribution in [3.05, 3.63) is 29.8 Å². The van der Waals surface area contributed by atoms with E-state index in [0.717, 1.165) is 18.4 Å². The van der Waals surface area contributed by atoms with Crippen LogP contribution in [-0.4, -0.2) is 29.2 Å². The van der Waals surface area contributed by atoms with Crippen LogP contribution < -0.4 is 5.32 Å². The standard InChI is InChI=1S/C15H17NO4/c1-8-3-2-4-9(7-8)16-14(17)12-10-5-6-11(20-10)13(12)15(18)19/h2-4,7,10-13H,5-6H2,1H3,(H,16,17)(H,18,19)/t10-,11+,12-,13-/m0/s1. The molecule has 2 N–H and O–H groups in total. The van der Waals surface area contributed by atoms with Gasteiger partial charge >= 0.3 is 5.97 Å². The Morgan fingerprint density at radius 1 is 1.25 bits per heavy atom. The van der Waals surface area contributed by atoms with E-state index >= 15 is 0 Å². The van der Waals surface area contributed by atoms with Gasteiger partial charge in [-0.1, -0.05) is 12.1 Å². The Hall–Kier alpha value is -1.88. The second kappa shape index (κ2) is 4.90. The summed E-state index contributed by atoms with van der Waals surface area (Å²) in [7, 11) is 0. The summed E-state index contributed by atoms with van der Waals surface area (Å²) >= 11 is 0. The fourth-order valence-electron chi connectivity index (χ4n) is 3.27. The van der Waals surface area contributed by atoms with E-state index in [1.165, 1.54) is 0 Å². The summed E-state index contributed by atoms with van der Waals surface area (Å²) in [5.41, 5.74) is 1.74. The smallest absolute Gasteiger partial charge is 0.310 e. The SMILES string of the molecule is Cc1cccc(NC(=O)[C@@H]2[C@@H](C(=O)O)[C@H]3CC[C@@H]2O3)c1.